The highest BCUT2D eigenvalue weighted by Gasteiger charge is 2.27. The lowest BCUT2D eigenvalue weighted by molar-refractivity contribution is -0.00403. The standard InChI is InChI=1S/C11H12Cl2N4O/c1-2-6-3-4-8(18-6)17-10-7(5-14-17)9(12)15-11(13)16-10/h5-6,8H,2-4H2,1H3. The second-order valence-electron chi connectivity index (χ2n) is 4.31. The number of aromatic nitrogens is 4. The highest BCUT2D eigenvalue weighted by molar-refractivity contribution is 6.35. The van der Waals surface area contributed by atoms with Gasteiger partial charge in [0.1, 0.15) is 5.15 Å². The SMILES string of the molecule is CCC1CCC(n2ncc3c(Cl)nc(Cl)nc32)O1. The Hall–Kier alpha value is -0.910. The first-order chi connectivity index (χ1) is 8.69. The van der Waals surface area contributed by atoms with Crippen LogP contribution in [0, 0.1) is 0 Å². The van der Waals surface area contributed by atoms with Crippen molar-refractivity contribution in [2.45, 2.75) is 38.5 Å². The zero-order valence-corrected chi connectivity index (χ0v) is 11.3. The first-order valence-corrected chi connectivity index (χ1v) is 6.66. The molecule has 0 spiro atoms. The van der Waals surface area contributed by atoms with Crippen LogP contribution in [0.1, 0.15) is 32.4 Å². The fraction of sp³-hybridized carbons (Fsp3) is 0.545. The molecule has 5 nitrogen and oxygen atoms in total. The zero-order valence-electron chi connectivity index (χ0n) is 9.81. The minimum absolute atomic E-state index is 0.0884. The summed E-state index contributed by atoms with van der Waals surface area (Å²) in [7, 11) is 0. The van der Waals surface area contributed by atoms with Crippen molar-refractivity contribution in [1.82, 2.24) is 19.7 Å². The molecule has 0 aromatic carbocycles. The van der Waals surface area contributed by atoms with E-state index in [9.17, 15) is 0 Å². The molecule has 7 heteroatoms. The van der Waals surface area contributed by atoms with Crippen LogP contribution in [0.4, 0.5) is 0 Å². The van der Waals surface area contributed by atoms with Crippen LogP contribution >= 0.6 is 23.2 Å². The van der Waals surface area contributed by atoms with Gasteiger partial charge in [0.05, 0.1) is 17.7 Å². The number of rotatable bonds is 2. The summed E-state index contributed by atoms with van der Waals surface area (Å²) in [5, 5.41) is 5.44. The topological polar surface area (TPSA) is 52.8 Å². The van der Waals surface area contributed by atoms with Crippen LogP contribution < -0.4 is 0 Å². The zero-order chi connectivity index (χ0) is 12.7. The third-order valence-corrected chi connectivity index (χ3v) is 3.65. The Morgan fingerprint density at radius 1 is 1.39 bits per heavy atom. The van der Waals surface area contributed by atoms with Crippen LogP contribution in [0.25, 0.3) is 11.0 Å². The Kier molecular flexibility index (Phi) is 3.13. The van der Waals surface area contributed by atoms with Crippen LogP contribution in [0.5, 0.6) is 0 Å². The van der Waals surface area contributed by atoms with Crippen molar-refractivity contribution in [2.24, 2.45) is 0 Å². The van der Waals surface area contributed by atoms with Crippen LogP contribution in [0.2, 0.25) is 10.4 Å². The molecule has 96 valence electrons. The predicted molar refractivity (Wildman–Crippen MR) is 68.8 cm³/mol. The van der Waals surface area contributed by atoms with Crippen molar-refractivity contribution < 1.29 is 4.74 Å². The molecule has 1 saturated heterocycles. The lowest BCUT2D eigenvalue weighted by Crippen LogP contribution is -2.12. The molecule has 3 heterocycles. The fourth-order valence-electron chi connectivity index (χ4n) is 2.24. The summed E-state index contributed by atoms with van der Waals surface area (Å²) in [6, 6.07) is 0. The Balaban J connectivity index is 2.03. The summed E-state index contributed by atoms with van der Waals surface area (Å²) in [5.41, 5.74) is 0.627. The van der Waals surface area contributed by atoms with E-state index in [1.165, 1.54) is 0 Å². The number of hydrogen-bond donors (Lipinski definition) is 0. The third-order valence-electron chi connectivity index (χ3n) is 3.19. The molecule has 0 bridgehead atoms. The fourth-order valence-corrected chi connectivity index (χ4v) is 2.67. The third kappa shape index (κ3) is 1.96. The molecule has 0 amide bonds. The molecule has 18 heavy (non-hydrogen) atoms. The van der Waals surface area contributed by atoms with E-state index in [2.05, 4.69) is 22.0 Å². The van der Waals surface area contributed by atoms with E-state index in [1.54, 1.807) is 10.9 Å². The summed E-state index contributed by atoms with van der Waals surface area (Å²) in [5.74, 6) is 0. The quantitative estimate of drug-likeness (QED) is 0.628. The van der Waals surface area contributed by atoms with Gasteiger partial charge in [0.2, 0.25) is 5.28 Å². The van der Waals surface area contributed by atoms with Crippen molar-refractivity contribution in [1.29, 1.82) is 0 Å². The van der Waals surface area contributed by atoms with E-state index in [0.29, 0.717) is 22.3 Å². The van der Waals surface area contributed by atoms with Gasteiger partial charge in [0.25, 0.3) is 0 Å². The molecule has 1 aliphatic rings. The van der Waals surface area contributed by atoms with E-state index in [0.717, 1.165) is 19.3 Å². The number of hydrogen-bond acceptors (Lipinski definition) is 4. The molecular weight excluding hydrogens is 275 g/mol. The van der Waals surface area contributed by atoms with Gasteiger partial charge >= 0.3 is 0 Å². The molecule has 0 saturated carbocycles. The maximum Gasteiger partial charge on any atom is 0.225 e. The van der Waals surface area contributed by atoms with Gasteiger partial charge in [-0.1, -0.05) is 18.5 Å². The van der Waals surface area contributed by atoms with Gasteiger partial charge in [-0.3, -0.25) is 0 Å². The highest BCUT2D eigenvalue weighted by Crippen LogP contribution is 2.32. The molecule has 1 fully saturated rings. The van der Waals surface area contributed by atoms with E-state index in [-0.39, 0.29) is 11.5 Å². The van der Waals surface area contributed by atoms with Crippen LogP contribution in [-0.2, 0) is 4.74 Å². The Bertz CT molecular complexity index is 586. The van der Waals surface area contributed by atoms with Crippen molar-refractivity contribution in [3.8, 4) is 0 Å². The highest BCUT2D eigenvalue weighted by atomic mass is 35.5. The van der Waals surface area contributed by atoms with Gasteiger partial charge in [-0.2, -0.15) is 10.1 Å². The Morgan fingerprint density at radius 2 is 2.22 bits per heavy atom. The summed E-state index contributed by atoms with van der Waals surface area (Å²) in [6.07, 6.45) is 4.82. The molecule has 3 rings (SSSR count). The summed E-state index contributed by atoms with van der Waals surface area (Å²) < 4.78 is 7.64. The molecule has 2 aromatic heterocycles. The normalized spacial score (nSPS) is 23.9. The number of nitrogens with zero attached hydrogens (tertiary/aromatic N) is 4. The lowest BCUT2D eigenvalue weighted by atomic mass is 10.2. The van der Waals surface area contributed by atoms with Crippen molar-refractivity contribution in [3.05, 3.63) is 16.6 Å². The predicted octanol–water partition coefficient (Wildman–Crippen LogP) is 3.22. The van der Waals surface area contributed by atoms with Crippen LogP contribution in [-0.4, -0.2) is 25.9 Å². The van der Waals surface area contributed by atoms with Gasteiger partial charge in [-0.05, 0) is 30.9 Å². The van der Waals surface area contributed by atoms with Gasteiger partial charge in [-0.15, -0.1) is 0 Å². The Labute approximate surface area is 114 Å². The number of halogens is 2. The first kappa shape index (κ1) is 12.1. The molecule has 2 unspecified atom stereocenters. The van der Waals surface area contributed by atoms with E-state index >= 15 is 0 Å². The van der Waals surface area contributed by atoms with E-state index in [1.807, 2.05) is 0 Å². The monoisotopic (exact) mass is 286 g/mol. The second-order valence-corrected chi connectivity index (χ2v) is 5.00. The van der Waals surface area contributed by atoms with Crippen molar-refractivity contribution >= 4 is 34.2 Å². The molecule has 2 atom stereocenters. The smallest absolute Gasteiger partial charge is 0.225 e. The van der Waals surface area contributed by atoms with Crippen molar-refractivity contribution in [3.63, 3.8) is 0 Å². The maximum absolute atomic E-state index is 6.01. The molecular formula is C11H12Cl2N4O. The van der Waals surface area contributed by atoms with Crippen molar-refractivity contribution in [2.75, 3.05) is 0 Å². The van der Waals surface area contributed by atoms with Crippen LogP contribution in [0.15, 0.2) is 6.20 Å². The van der Waals surface area contributed by atoms with E-state index in [4.69, 9.17) is 27.9 Å². The summed E-state index contributed by atoms with van der Waals surface area (Å²) in [4.78, 5) is 8.08. The number of fused-ring (bicyclic) bond motifs is 1. The average molecular weight is 287 g/mol. The first-order valence-electron chi connectivity index (χ1n) is 5.90. The molecule has 1 aliphatic heterocycles. The summed E-state index contributed by atoms with van der Waals surface area (Å²) >= 11 is 11.8. The van der Waals surface area contributed by atoms with E-state index < -0.39 is 0 Å². The molecule has 2 aromatic rings. The van der Waals surface area contributed by atoms with Crippen LogP contribution in [0.3, 0.4) is 0 Å². The minimum Gasteiger partial charge on any atom is -0.353 e. The van der Waals surface area contributed by atoms with Gasteiger partial charge in [0, 0.05) is 0 Å². The molecule has 0 aliphatic carbocycles. The molecule has 0 radical (unpaired) electrons. The minimum atomic E-state index is -0.0884. The Morgan fingerprint density at radius 3 is 2.94 bits per heavy atom. The molecule has 0 N–H and O–H groups in total. The van der Waals surface area contributed by atoms with Gasteiger partial charge < -0.3 is 4.74 Å². The van der Waals surface area contributed by atoms with Gasteiger partial charge in [-0.25, -0.2) is 9.67 Å². The van der Waals surface area contributed by atoms with Gasteiger partial charge in [0.15, 0.2) is 11.9 Å². The second kappa shape index (κ2) is 4.64. The summed E-state index contributed by atoms with van der Waals surface area (Å²) in [6.45, 7) is 2.12. The lowest BCUT2D eigenvalue weighted by Gasteiger charge is -2.13. The number of ether oxygens (including phenoxy) is 1. The average Bonchev–Trinajstić information content (AvgIpc) is 2.93. The largest absolute Gasteiger partial charge is 0.353 e. The maximum atomic E-state index is 6.01.